The van der Waals surface area contributed by atoms with E-state index in [4.69, 9.17) is 0 Å². The molecule has 1 aliphatic rings. The molecular formula is C20H18F3N5O. The van der Waals surface area contributed by atoms with Crippen LogP contribution in [0.3, 0.4) is 0 Å². The van der Waals surface area contributed by atoms with E-state index in [9.17, 15) is 18.0 Å². The molecule has 1 saturated heterocycles. The van der Waals surface area contributed by atoms with Crippen LogP contribution in [-0.4, -0.2) is 27.0 Å². The van der Waals surface area contributed by atoms with E-state index in [0.717, 1.165) is 12.1 Å². The van der Waals surface area contributed by atoms with Gasteiger partial charge in [0, 0.05) is 30.2 Å². The Morgan fingerprint density at radius 3 is 2.59 bits per heavy atom. The van der Waals surface area contributed by atoms with Crippen molar-refractivity contribution in [2.75, 3.05) is 11.9 Å². The molecule has 1 amide bonds. The molecule has 1 unspecified atom stereocenters. The van der Waals surface area contributed by atoms with Gasteiger partial charge >= 0.3 is 6.18 Å². The van der Waals surface area contributed by atoms with Crippen molar-refractivity contribution in [1.29, 1.82) is 0 Å². The highest BCUT2D eigenvalue weighted by Gasteiger charge is 2.39. The number of imidazole rings is 1. The largest absolute Gasteiger partial charge is 0.416 e. The number of hydrogen-bond donors (Lipinski definition) is 2. The second-order valence-corrected chi connectivity index (χ2v) is 7.05. The minimum absolute atomic E-state index is 0.0595. The van der Waals surface area contributed by atoms with Crippen molar-refractivity contribution in [3.8, 4) is 11.3 Å². The smallest absolute Gasteiger partial charge is 0.354 e. The summed E-state index contributed by atoms with van der Waals surface area (Å²) in [7, 11) is 0. The second kappa shape index (κ2) is 6.91. The van der Waals surface area contributed by atoms with Gasteiger partial charge in [-0.2, -0.15) is 13.2 Å². The summed E-state index contributed by atoms with van der Waals surface area (Å²) in [6.45, 7) is 2.46. The van der Waals surface area contributed by atoms with Crippen LogP contribution in [-0.2, 0) is 16.5 Å². The average Bonchev–Trinajstić information content (AvgIpc) is 3.30. The third-order valence-electron chi connectivity index (χ3n) is 5.10. The Bertz CT molecular complexity index is 1040. The molecule has 1 atom stereocenters. The fourth-order valence-corrected chi connectivity index (χ4v) is 3.29. The van der Waals surface area contributed by atoms with Crippen LogP contribution >= 0.6 is 0 Å². The van der Waals surface area contributed by atoms with E-state index >= 15 is 0 Å². The number of nitrogens with zero attached hydrogens (tertiary/aromatic N) is 3. The average molecular weight is 401 g/mol. The van der Waals surface area contributed by atoms with E-state index in [2.05, 4.69) is 20.6 Å². The van der Waals surface area contributed by atoms with E-state index < -0.39 is 17.3 Å². The Kier molecular flexibility index (Phi) is 4.52. The first-order chi connectivity index (χ1) is 13.8. The van der Waals surface area contributed by atoms with E-state index in [-0.39, 0.29) is 5.91 Å². The van der Waals surface area contributed by atoms with Crippen molar-refractivity contribution >= 4 is 17.4 Å². The molecule has 1 aromatic carbocycles. The van der Waals surface area contributed by atoms with E-state index in [1.807, 2.05) is 13.0 Å². The first kappa shape index (κ1) is 19.0. The van der Waals surface area contributed by atoms with Crippen LogP contribution in [0.4, 0.5) is 24.7 Å². The number of nitrogens with one attached hydrogen (secondary N) is 2. The maximum absolute atomic E-state index is 12.7. The van der Waals surface area contributed by atoms with Gasteiger partial charge in [-0.3, -0.25) is 4.79 Å². The van der Waals surface area contributed by atoms with Crippen LogP contribution in [0.5, 0.6) is 0 Å². The SMILES string of the molecule is CC1(n2cnc(-c3cccnc3Nc3ccc(C(F)(F)F)cc3)c2)CCNC1=O. The van der Waals surface area contributed by atoms with Crippen LogP contribution in [0, 0.1) is 0 Å². The lowest BCUT2D eigenvalue weighted by atomic mass is 10.0. The zero-order valence-electron chi connectivity index (χ0n) is 15.5. The lowest BCUT2D eigenvalue weighted by molar-refractivity contribution is -0.137. The minimum Gasteiger partial charge on any atom is -0.354 e. The Hall–Kier alpha value is -3.36. The molecule has 0 saturated carbocycles. The zero-order valence-corrected chi connectivity index (χ0v) is 15.5. The highest BCUT2D eigenvalue weighted by Crippen LogP contribution is 2.33. The van der Waals surface area contributed by atoms with Gasteiger partial charge in [0.15, 0.2) is 0 Å². The first-order valence-electron chi connectivity index (χ1n) is 9.00. The van der Waals surface area contributed by atoms with Crippen molar-refractivity contribution < 1.29 is 18.0 Å². The molecule has 3 heterocycles. The summed E-state index contributed by atoms with van der Waals surface area (Å²) in [4.78, 5) is 20.9. The lowest BCUT2D eigenvalue weighted by Gasteiger charge is -2.21. The normalized spacial score (nSPS) is 19.2. The molecule has 9 heteroatoms. The zero-order chi connectivity index (χ0) is 20.6. The summed E-state index contributed by atoms with van der Waals surface area (Å²) >= 11 is 0. The van der Waals surface area contributed by atoms with Crippen molar-refractivity contribution in [2.24, 2.45) is 0 Å². The lowest BCUT2D eigenvalue weighted by Crippen LogP contribution is -2.37. The predicted octanol–water partition coefficient (Wildman–Crippen LogP) is 3.94. The fourth-order valence-electron chi connectivity index (χ4n) is 3.29. The minimum atomic E-state index is -4.38. The first-order valence-corrected chi connectivity index (χ1v) is 9.00. The topological polar surface area (TPSA) is 71.8 Å². The Morgan fingerprint density at radius 1 is 1.17 bits per heavy atom. The van der Waals surface area contributed by atoms with Gasteiger partial charge in [-0.15, -0.1) is 0 Å². The number of benzene rings is 1. The maximum atomic E-state index is 12.7. The molecule has 150 valence electrons. The molecule has 6 nitrogen and oxygen atoms in total. The third-order valence-corrected chi connectivity index (χ3v) is 5.10. The predicted molar refractivity (Wildman–Crippen MR) is 101 cm³/mol. The number of amides is 1. The summed E-state index contributed by atoms with van der Waals surface area (Å²) in [5, 5.41) is 5.86. The van der Waals surface area contributed by atoms with Crippen LogP contribution in [0.15, 0.2) is 55.1 Å². The van der Waals surface area contributed by atoms with Gasteiger partial charge in [-0.1, -0.05) is 0 Å². The number of carbonyl (C=O) groups is 1. The van der Waals surface area contributed by atoms with Crippen LogP contribution in [0.1, 0.15) is 18.9 Å². The van der Waals surface area contributed by atoms with Crippen molar-refractivity contribution in [2.45, 2.75) is 25.1 Å². The van der Waals surface area contributed by atoms with Gasteiger partial charge < -0.3 is 15.2 Å². The Labute approximate surface area is 164 Å². The second-order valence-electron chi connectivity index (χ2n) is 7.05. The summed E-state index contributed by atoms with van der Waals surface area (Å²) < 4.78 is 40.0. The van der Waals surface area contributed by atoms with Gasteiger partial charge in [0.05, 0.1) is 17.6 Å². The summed E-state index contributed by atoms with van der Waals surface area (Å²) in [6, 6.07) is 8.28. The molecular weight excluding hydrogens is 383 g/mol. The standard InChI is InChI=1S/C20H18F3N5O/c1-19(8-10-25-18(19)29)28-11-16(26-12-28)15-3-2-9-24-17(15)27-14-6-4-13(5-7-14)20(21,22)23/h2-7,9,11-12H,8,10H2,1H3,(H,24,27)(H,25,29). The molecule has 0 aliphatic carbocycles. The van der Waals surface area contributed by atoms with Crippen molar-refractivity contribution in [1.82, 2.24) is 19.9 Å². The maximum Gasteiger partial charge on any atom is 0.416 e. The molecule has 1 fully saturated rings. The number of carbonyl (C=O) groups excluding carboxylic acids is 1. The van der Waals surface area contributed by atoms with E-state index in [0.29, 0.717) is 35.7 Å². The molecule has 2 N–H and O–H groups in total. The fraction of sp³-hybridized carbons (Fsp3) is 0.250. The number of pyridine rings is 1. The van der Waals surface area contributed by atoms with E-state index in [1.54, 1.807) is 29.4 Å². The number of alkyl halides is 3. The molecule has 2 aromatic heterocycles. The molecule has 0 radical (unpaired) electrons. The van der Waals surface area contributed by atoms with Crippen molar-refractivity contribution in [3.05, 3.63) is 60.7 Å². The summed E-state index contributed by atoms with van der Waals surface area (Å²) in [6.07, 6.45) is 1.24. The molecule has 4 rings (SSSR count). The van der Waals surface area contributed by atoms with Crippen LogP contribution in [0.2, 0.25) is 0 Å². The number of aromatic nitrogens is 3. The summed E-state index contributed by atoms with van der Waals surface area (Å²) in [5.74, 6) is 0.397. The number of halogens is 3. The molecule has 1 aliphatic heterocycles. The van der Waals surface area contributed by atoms with Gasteiger partial charge in [0.25, 0.3) is 0 Å². The molecule has 0 bridgehead atoms. The van der Waals surface area contributed by atoms with Crippen LogP contribution < -0.4 is 10.6 Å². The van der Waals surface area contributed by atoms with Gasteiger partial charge in [-0.05, 0) is 49.7 Å². The third kappa shape index (κ3) is 3.55. The Balaban J connectivity index is 1.62. The quantitative estimate of drug-likeness (QED) is 0.695. The molecule has 0 spiro atoms. The van der Waals surface area contributed by atoms with Crippen LogP contribution in [0.25, 0.3) is 11.3 Å². The summed E-state index contributed by atoms with van der Waals surface area (Å²) in [5.41, 5.74) is 0.335. The Morgan fingerprint density at radius 2 is 1.93 bits per heavy atom. The van der Waals surface area contributed by atoms with Gasteiger partial charge in [0.1, 0.15) is 11.4 Å². The number of hydrogen-bond acceptors (Lipinski definition) is 4. The number of rotatable bonds is 4. The monoisotopic (exact) mass is 401 g/mol. The molecule has 29 heavy (non-hydrogen) atoms. The highest BCUT2D eigenvalue weighted by molar-refractivity contribution is 5.86. The van der Waals surface area contributed by atoms with Gasteiger partial charge in [0.2, 0.25) is 5.91 Å². The van der Waals surface area contributed by atoms with E-state index in [1.165, 1.54) is 12.1 Å². The van der Waals surface area contributed by atoms with Gasteiger partial charge in [-0.25, -0.2) is 9.97 Å². The number of anilines is 2. The van der Waals surface area contributed by atoms with Crippen molar-refractivity contribution in [3.63, 3.8) is 0 Å². The highest BCUT2D eigenvalue weighted by atomic mass is 19.4. The molecule has 3 aromatic rings.